The second-order valence-electron chi connectivity index (χ2n) is 5.47. The van der Waals surface area contributed by atoms with Gasteiger partial charge in [0, 0.05) is 6.04 Å². The highest BCUT2D eigenvalue weighted by molar-refractivity contribution is 5.83. The van der Waals surface area contributed by atoms with Crippen LogP contribution in [0.25, 0.3) is 0 Å². The third-order valence-corrected chi connectivity index (χ3v) is 3.15. The van der Waals surface area contributed by atoms with Crippen LogP contribution < -0.4 is 11.5 Å². The lowest BCUT2D eigenvalue weighted by molar-refractivity contribution is -0.123. The van der Waals surface area contributed by atoms with Crippen LogP contribution in [0.5, 0.6) is 0 Å². The van der Waals surface area contributed by atoms with E-state index in [2.05, 4.69) is 37.9 Å². The van der Waals surface area contributed by atoms with E-state index in [0.29, 0.717) is 6.42 Å². The van der Waals surface area contributed by atoms with Gasteiger partial charge < -0.3 is 21.3 Å². The van der Waals surface area contributed by atoms with Crippen molar-refractivity contribution in [3.8, 4) is 0 Å². The van der Waals surface area contributed by atoms with Gasteiger partial charge in [-0.15, -0.1) is 0 Å². The second-order valence-corrected chi connectivity index (χ2v) is 5.47. The van der Waals surface area contributed by atoms with Crippen LogP contribution in [0.15, 0.2) is 0 Å². The van der Waals surface area contributed by atoms with Crippen molar-refractivity contribution in [3.63, 3.8) is 0 Å². The Morgan fingerprint density at radius 2 is 1.82 bits per heavy atom. The maximum Gasteiger partial charge on any atom is 0.237 e. The van der Waals surface area contributed by atoms with E-state index in [0.717, 1.165) is 19.5 Å². The summed E-state index contributed by atoms with van der Waals surface area (Å²) in [6.45, 7) is 5.82. The standard InChI is InChI=1S/C12H28N4O/c1-10(9-12(2,14)11(13)17)16(5)8-6-7-15(3)4/h10H,6-9,14H2,1-5H3,(H2,13,17). The van der Waals surface area contributed by atoms with Gasteiger partial charge in [-0.1, -0.05) is 0 Å². The van der Waals surface area contributed by atoms with Gasteiger partial charge in [-0.2, -0.15) is 0 Å². The molecule has 102 valence electrons. The summed E-state index contributed by atoms with van der Waals surface area (Å²) in [5, 5.41) is 0. The van der Waals surface area contributed by atoms with Crippen LogP contribution in [0.2, 0.25) is 0 Å². The highest BCUT2D eigenvalue weighted by atomic mass is 16.1. The van der Waals surface area contributed by atoms with E-state index in [-0.39, 0.29) is 6.04 Å². The third kappa shape index (κ3) is 6.61. The fourth-order valence-electron chi connectivity index (χ4n) is 1.73. The third-order valence-electron chi connectivity index (χ3n) is 3.15. The Labute approximate surface area is 105 Å². The average molecular weight is 244 g/mol. The van der Waals surface area contributed by atoms with E-state index < -0.39 is 11.4 Å². The first-order chi connectivity index (χ1) is 7.66. The van der Waals surface area contributed by atoms with Crippen molar-refractivity contribution in [1.82, 2.24) is 9.80 Å². The van der Waals surface area contributed by atoms with Crippen molar-refractivity contribution in [2.75, 3.05) is 34.2 Å². The Balaban J connectivity index is 4.05. The molecule has 17 heavy (non-hydrogen) atoms. The molecule has 2 unspecified atom stereocenters. The molecule has 0 aliphatic heterocycles. The molecule has 2 atom stereocenters. The lowest BCUT2D eigenvalue weighted by atomic mass is 9.93. The number of primary amides is 1. The van der Waals surface area contributed by atoms with Gasteiger partial charge in [-0.05, 0) is 60.9 Å². The summed E-state index contributed by atoms with van der Waals surface area (Å²) >= 11 is 0. The zero-order chi connectivity index (χ0) is 13.6. The van der Waals surface area contributed by atoms with Crippen molar-refractivity contribution < 1.29 is 4.79 Å². The summed E-state index contributed by atoms with van der Waals surface area (Å²) < 4.78 is 0. The van der Waals surface area contributed by atoms with Gasteiger partial charge >= 0.3 is 0 Å². The molecule has 0 aliphatic carbocycles. The Morgan fingerprint density at radius 3 is 2.24 bits per heavy atom. The van der Waals surface area contributed by atoms with Crippen LogP contribution in [0.4, 0.5) is 0 Å². The summed E-state index contributed by atoms with van der Waals surface area (Å²) in [6.07, 6.45) is 1.69. The van der Waals surface area contributed by atoms with Gasteiger partial charge in [-0.25, -0.2) is 0 Å². The Bertz CT molecular complexity index is 241. The van der Waals surface area contributed by atoms with E-state index in [1.165, 1.54) is 0 Å². The largest absolute Gasteiger partial charge is 0.368 e. The topological polar surface area (TPSA) is 75.6 Å². The number of nitrogens with two attached hydrogens (primary N) is 2. The molecule has 1 amide bonds. The van der Waals surface area contributed by atoms with Gasteiger partial charge in [0.15, 0.2) is 0 Å². The van der Waals surface area contributed by atoms with Crippen LogP contribution in [-0.4, -0.2) is 61.5 Å². The maximum absolute atomic E-state index is 11.2. The second kappa shape index (κ2) is 6.93. The maximum atomic E-state index is 11.2. The Kier molecular flexibility index (Phi) is 6.67. The van der Waals surface area contributed by atoms with Crippen LogP contribution in [-0.2, 0) is 4.79 Å². The van der Waals surface area contributed by atoms with Gasteiger partial charge in [0.25, 0.3) is 0 Å². The normalized spacial score (nSPS) is 17.2. The van der Waals surface area contributed by atoms with Crippen LogP contribution >= 0.6 is 0 Å². The number of carbonyl (C=O) groups excluding carboxylic acids is 1. The van der Waals surface area contributed by atoms with Crippen LogP contribution in [0, 0.1) is 0 Å². The zero-order valence-corrected chi connectivity index (χ0v) is 11.9. The van der Waals surface area contributed by atoms with Crippen molar-refractivity contribution in [2.24, 2.45) is 11.5 Å². The molecule has 5 nitrogen and oxygen atoms in total. The van der Waals surface area contributed by atoms with E-state index in [9.17, 15) is 4.79 Å². The van der Waals surface area contributed by atoms with Gasteiger partial charge in [0.2, 0.25) is 5.91 Å². The van der Waals surface area contributed by atoms with E-state index in [1.54, 1.807) is 6.92 Å². The van der Waals surface area contributed by atoms with Crippen molar-refractivity contribution in [2.45, 2.75) is 38.3 Å². The molecule has 0 rings (SSSR count). The lowest BCUT2D eigenvalue weighted by Crippen LogP contribution is -2.53. The monoisotopic (exact) mass is 244 g/mol. The molecule has 0 bridgehead atoms. The molecule has 0 aromatic carbocycles. The van der Waals surface area contributed by atoms with Crippen molar-refractivity contribution in [3.05, 3.63) is 0 Å². The molecule has 0 spiro atoms. The molecule has 0 saturated carbocycles. The average Bonchev–Trinajstić information content (AvgIpc) is 2.15. The molecule has 5 heteroatoms. The predicted octanol–water partition coefficient (Wildman–Crippen LogP) is -0.149. The Morgan fingerprint density at radius 1 is 1.29 bits per heavy atom. The van der Waals surface area contributed by atoms with E-state index in [4.69, 9.17) is 11.5 Å². The minimum Gasteiger partial charge on any atom is -0.368 e. The molecule has 0 heterocycles. The van der Waals surface area contributed by atoms with E-state index in [1.807, 2.05) is 0 Å². The SMILES string of the molecule is CC(CC(C)(N)C(N)=O)N(C)CCCN(C)C. The zero-order valence-electron chi connectivity index (χ0n) is 11.9. The van der Waals surface area contributed by atoms with Gasteiger partial charge in [0.1, 0.15) is 0 Å². The quantitative estimate of drug-likeness (QED) is 0.623. The first-order valence-corrected chi connectivity index (χ1v) is 6.10. The summed E-state index contributed by atoms with van der Waals surface area (Å²) in [7, 11) is 6.18. The number of nitrogens with zero attached hydrogens (tertiary/aromatic N) is 2. The number of carbonyl (C=O) groups is 1. The highest BCUT2D eigenvalue weighted by Gasteiger charge is 2.29. The fraction of sp³-hybridized carbons (Fsp3) is 0.917. The van der Waals surface area contributed by atoms with Gasteiger partial charge in [-0.3, -0.25) is 4.79 Å². The molecule has 0 saturated heterocycles. The summed E-state index contributed by atoms with van der Waals surface area (Å²) in [5.41, 5.74) is 10.2. The summed E-state index contributed by atoms with van der Waals surface area (Å²) in [6, 6.07) is 0.250. The van der Waals surface area contributed by atoms with E-state index >= 15 is 0 Å². The lowest BCUT2D eigenvalue weighted by Gasteiger charge is -2.31. The first kappa shape index (κ1) is 16.4. The first-order valence-electron chi connectivity index (χ1n) is 6.10. The smallest absolute Gasteiger partial charge is 0.237 e. The minimum atomic E-state index is -0.921. The fourth-order valence-corrected chi connectivity index (χ4v) is 1.73. The molecular weight excluding hydrogens is 216 g/mol. The number of rotatable bonds is 8. The molecule has 4 N–H and O–H groups in total. The van der Waals surface area contributed by atoms with Crippen LogP contribution in [0.3, 0.4) is 0 Å². The highest BCUT2D eigenvalue weighted by Crippen LogP contribution is 2.12. The number of hydrogen-bond acceptors (Lipinski definition) is 4. The molecular formula is C12H28N4O. The summed E-state index contributed by atoms with van der Waals surface area (Å²) in [4.78, 5) is 15.5. The molecule has 0 radical (unpaired) electrons. The molecule has 0 aromatic heterocycles. The minimum absolute atomic E-state index is 0.250. The predicted molar refractivity (Wildman–Crippen MR) is 71.7 cm³/mol. The van der Waals surface area contributed by atoms with Crippen molar-refractivity contribution >= 4 is 5.91 Å². The van der Waals surface area contributed by atoms with Crippen molar-refractivity contribution in [1.29, 1.82) is 0 Å². The van der Waals surface area contributed by atoms with Crippen LogP contribution in [0.1, 0.15) is 26.7 Å². The molecule has 0 aromatic rings. The Hall–Kier alpha value is -0.650. The number of amides is 1. The molecule has 0 aliphatic rings. The van der Waals surface area contributed by atoms with Gasteiger partial charge in [0.05, 0.1) is 5.54 Å². The molecule has 0 fully saturated rings. The number of hydrogen-bond donors (Lipinski definition) is 2. The summed E-state index contributed by atoms with van der Waals surface area (Å²) in [5.74, 6) is -0.439.